The molecule has 2 heterocycles. The highest BCUT2D eigenvalue weighted by Crippen LogP contribution is 2.16. The first-order valence-corrected chi connectivity index (χ1v) is 12.5. The number of amides is 1. The maximum atomic E-state index is 12.5. The standard InChI is InChI=1S/C22H31N5O4S/c1-3-25(4-2)32(30,31)19-12-9-18(10-13-19)11-14-21(28)23-15-7-17-27-22(29)26-16-6-5-8-20(26)24-27/h9-14H,3-8,15-17H2,1-2H3,(H,23,28). The fraction of sp³-hybridized carbons (Fsp3) is 0.500. The Balaban J connectivity index is 1.47. The van der Waals surface area contributed by atoms with Gasteiger partial charge >= 0.3 is 5.69 Å². The van der Waals surface area contributed by atoms with Crippen molar-refractivity contribution in [2.75, 3.05) is 19.6 Å². The molecule has 0 atom stereocenters. The Hall–Kier alpha value is -2.72. The lowest BCUT2D eigenvalue weighted by atomic mass is 10.2. The Bertz CT molecular complexity index is 1110. The normalized spacial score (nSPS) is 14.1. The predicted molar refractivity (Wildman–Crippen MR) is 123 cm³/mol. The van der Waals surface area contributed by atoms with E-state index in [0.29, 0.717) is 32.6 Å². The van der Waals surface area contributed by atoms with Gasteiger partial charge in [0.1, 0.15) is 5.82 Å². The minimum absolute atomic E-state index is 0.0719. The summed E-state index contributed by atoms with van der Waals surface area (Å²) in [6, 6.07) is 6.45. The molecule has 10 heteroatoms. The van der Waals surface area contributed by atoms with E-state index in [4.69, 9.17) is 0 Å². The molecule has 9 nitrogen and oxygen atoms in total. The lowest BCUT2D eigenvalue weighted by Crippen LogP contribution is -2.30. The molecule has 1 aromatic heterocycles. The van der Waals surface area contributed by atoms with E-state index in [1.54, 1.807) is 48.8 Å². The third kappa shape index (κ3) is 5.55. The molecule has 0 radical (unpaired) electrons. The van der Waals surface area contributed by atoms with Crippen molar-refractivity contribution in [1.82, 2.24) is 24.0 Å². The Kier molecular flexibility index (Phi) is 8.03. The van der Waals surface area contributed by atoms with Gasteiger partial charge in [-0.2, -0.15) is 9.40 Å². The fourth-order valence-electron chi connectivity index (χ4n) is 3.73. The minimum Gasteiger partial charge on any atom is -0.352 e. The number of hydrogen-bond donors (Lipinski definition) is 1. The summed E-state index contributed by atoms with van der Waals surface area (Å²) in [6.45, 7) is 6.06. The van der Waals surface area contributed by atoms with Crippen LogP contribution in [0, 0.1) is 0 Å². The maximum absolute atomic E-state index is 12.5. The van der Waals surface area contributed by atoms with E-state index in [9.17, 15) is 18.0 Å². The van der Waals surface area contributed by atoms with E-state index in [2.05, 4.69) is 10.4 Å². The SMILES string of the molecule is CCN(CC)S(=O)(=O)c1ccc(C=CC(=O)NCCCn2nc3n(c2=O)CCCC3)cc1. The van der Waals surface area contributed by atoms with Crippen LogP contribution in [0.1, 0.15) is 44.5 Å². The molecular formula is C22H31N5O4S. The summed E-state index contributed by atoms with van der Waals surface area (Å²) in [6.07, 6.45) is 6.56. The third-order valence-electron chi connectivity index (χ3n) is 5.53. The van der Waals surface area contributed by atoms with Crippen LogP contribution in [0.25, 0.3) is 6.08 Å². The molecule has 2 aromatic rings. The van der Waals surface area contributed by atoms with Crippen molar-refractivity contribution in [2.45, 2.75) is 57.5 Å². The summed E-state index contributed by atoms with van der Waals surface area (Å²) in [5, 5.41) is 7.18. The number of nitrogens with one attached hydrogen (secondary N) is 1. The third-order valence-corrected chi connectivity index (χ3v) is 7.59. The Morgan fingerprint density at radius 3 is 2.56 bits per heavy atom. The Morgan fingerprint density at radius 1 is 1.19 bits per heavy atom. The topological polar surface area (TPSA) is 106 Å². The minimum atomic E-state index is -3.49. The summed E-state index contributed by atoms with van der Waals surface area (Å²) in [7, 11) is -3.49. The lowest BCUT2D eigenvalue weighted by molar-refractivity contribution is -0.116. The van der Waals surface area contributed by atoms with Crippen LogP contribution in [-0.2, 0) is 34.3 Å². The molecule has 3 rings (SSSR count). The monoisotopic (exact) mass is 461 g/mol. The van der Waals surface area contributed by atoms with Gasteiger partial charge in [-0.05, 0) is 43.0 Å². The second kappa shape index (κ2) is 10.7. The molecule has 1 aromatic carbocycles. The summed E-state index contributed by atoms with van der Waals surface area (Å²) in [5.41, 5.74) is 0.658. The molecule has 1 aliphatic rings. The summed E-state index contributed by atoms with van der Waals surface area (Å²) >= 11 is 0. The van der Waals surface area contributed by atoms with Crippen LogP contribution in [0.4, 0.5) is 0 Å². The smallest absolute Gasteiger partial charge is 0.345 e. The molecular weight excluding hydrogens is 430 g/mol. The zero-order valence-corrected chi connectivity index (χ0v) is 19.5. The average molecular weight is 462 g/mol. The van der Waals surface area contributed by atoms with Crippen molar-refractivity contribution in [3.05, 3.63) is 52.2 Å². The summed E-state index contributed by atoms with van der Waals surface area (Å²) in [5.74, 6) is 0.602. The lowest BCUT2D eigenvalue weighted by Gasteiger charge is -2.18. The molecule has 0 saturated heterocycles. The van der Waals surface area contributed by atoms with Gasteiger partial charge < -0.3 is 5.32 Å². The van der Waals surface area contributed by atoms with Gasteiger partial charge in [0.25, 0.3) is 0 Å². The molecule has 0 aliphatic carbocycles. The van der Waals surface area contributed by atoms with Crippen LogP contribution >= 0.6 is 0 Å². The highest BCUT2D eigenvalue weighted by Gasteiger charge is 2.21. The van der Waals surface area contributed by atoms with Crippen molar-refractivity contribution in [2.24, 2.45) is 0 Å². The number of aromatic nitrogens is 3. The van der Waals surface area contributed by atoms with Gasteiger partial charge in [-0.25, -0.2) is 17.9 Å². The first-order valence-electron chi connectivity index (χ1n) is 11.1. The Morgan fingerprint density at radius 2 is 1.91 bits per heavy atom. The summed E-state index contributed by atoms with van der Waals surface area (Å²) in [4.78, 5) is 24.6. The molecule has 1 N–H and O–H groups in total. The van der Waals surface area contributed by atoms with E-state index in [0.717, 1.165) is 37.2 Å². The number of hydrogen-bond acceptors (Lipinski definition) is 5. The largest absolute Gasteiger partial charge is 0.352 e. The first-order chi connectivity index (χ1) is 15.4. The molecule has 174 valence electrons. The van der Waals surface area contributed by atoms with Crippen LogP contribution in [-0.4, -0.2) is 52.6 Å². The van der Waals surface area contributed by atoms with E-state index in [-0.39, 0.29) is 16.5 Å². The Labute approximate surface area is 188 Å². The van der Waals surface area contributed by atoms with E-state index in [1.807, 2.05) is 0 Å². The van der Waals surface area contributed by atoms with Crippen molar-refractivity contribution in [3.63, 3.8) is 0 Å². The zero-order valence-electron chi connectivity index (χ0n) is 18.7. The maximum Gasteiger partial charge on any atom is 0.345 e. The molecule has 0 bridgehead atoms. The van der Waals surface area contributed by atoms with Crippen LogP contribution in [0.15, 0.2) is 40.0 Å². The fourth-order valence-corrected chi connectivity index (χ4v) is 5.19. The van der Waals surface area contributed by atoms with Crippen LogP contribution in [0.2, 0.25) is 0 Å². The first kappa shape index (κ1) is 23.9. The second-order valence-corrected chi connectivity index (χ2v) is 9.60. The quantitative estimate of drug-likeness (QED) is 0.428. The van der Waals surface area contributed by atoms with Crippen LogP contribution < -0.4 is 11.0 Å². The highest BCUT2D eigenvalue weighted by molar-refractivity contribution is 7.89. The predicted octanol–water partition coefficient (Wildman–Crippen LogP) is 1.63. The number of aryl methyl sites for hydroxylation is 2. The highest BCUT2D eigenvalue weighted by atomic mass is 32.2. The number of nitrogens with zero attached hydrogens (tertiary/aromatic N) is 4. The van der Waals surface area contributed by atoms with E-state index in [1.165, 1.54) is 15.1 Å². The van der Waals surface area contributed by atoms with Gasteiger partial charge in [0.2, 0.25) is 15.9 Å². The van der Waals surface area contributed by atoms with Crippen molar-refractivity contribution < 1.29 is 13.2 Å². The molecule has 1 amide bonds. The number of carbonyl (C=O) groups excluding carboxylic acids is 1. The number of carbonyl (C=O) groups is 1. The van der Waals surface area contributed by atoms with Crippen LogP contribution in [0.5, 0.6) is 0 Å². The van der Waals surface area contributed by atoms with Gasteiger partial charge in [0, 0.05) is 45.2 Å². The molecule has 32 heavy (non-hydrogen) atoms. The van der Waals surface area contributed by atoms with Crippen LogP contribution in [0.3, 0.4) is 0 Å². The van der Waals surface area contributed by atoms with Crippen molar-refractivity contribution in [1.29, 1.82) is 0 Å². The molecule has 0 unspecified atom stereocenters. The number of fused-ring (bicyclic) bond motifs is 1. The molecule has 0 spiro atoms. The summed E-state index contributed by atoms with van der Waals surface area (Å²) < 4.78 is 29.7. The number of rotatable bonds is 10. The van der Waals surface area contributed by atoms with Gasteiger partial charge in [-0.1, -0.05) is 26.0 Å². The van der Waals surface area contributed by atoms with Gasteiger partial charge in [-0.15, -0.1) is 0 Å². The number of benzene rings is 1. The van der Waals surface area contributed by atoms with Crippen molar-refractivity contribution in [3.8, 4) is 0 Å². The second-order valence-electron chi connectivity index (χ2n) is 7.67. The molecule has 1 aliphatic heterocycles. The molecule has 0 fully saturated rings. The number of sulfonamides is 1. The van der Waals surface area contributed by atoms with E-state index < -0.39 is 10.0 Å². The van der Waals surface area contributed by atoms with Gasteiger partial charge in [0.05, 0.1) is 4.90 Å². The molecule has 0 saturated carbocycles. The average Bonchev–Trinajstić information content (AvgIpc) is 3.12. The van der Waals surface area contributed by atoms with Gasteiger partial charge in [-0.3, -0.25) is 9.36 Å². The van der Waals surface area contributed by atoms with Crippen molar-refractivity contribution >= 4 is 22.0 Å². The zero-order chi connectivity index (χ0) is 23.1. The van der Waals surface area contributed by atoms with E-state index >= 15 is 0 Å². The van der Waals surface area contributed by atoms with Gasteiger partial charge in [0.15, 0.2) is 0 Å².